The number of amides is 1. The van der Waals surface area contributed by atoms with Crippen LogP contribution in [0.5, 0.6) is 5.75 Å². The van der Waals surface area contributed by atoms with Crippen LogP contribution in [0.3, 0.4) is 0 Å². The van der Waals surface area contributed by atoms with E-state index in [-0.39, 0.29) is 5.91 Å². The smallest absolute Gasteiger partial charge is 0.271 e. The van der Waals surface area contributed by atoms with Crippen LogP contribution in [0.15, 0.2) is 36.7 Å². The van der Waals surface area contributed by atoms with Crippen LogP contribution in [0.2, 0.25) is 0 Å². The standard InChI is InChI=1S/C14H15N3O2/c1-10-7-16-13(9-15-10)14(18)17-8-11-4-3-5-12(6-11)19-2/h3-7,9H,8H2,1-2H3,(H,17,18). The number of rotatable bonds is 4. The Hall–Kier alpha value is -2.43. The van der Waals surface area contributed by atoms with Crippen molar-refractivity contribution in [2.75, 3.05) is 7.11 Å². The summed E-state index contributed by atoms with van der Waals surface area (Å²) in [5.41, 5.74) is 2.06. The van der Waals surface area contributed by atoms with Crippen molar-refractivity contribution in [3.63, 3.8) is 0 Å². The fourth-order valence-corrected chi connectivity index (χ4v) is 1.57. The van der Waals surface area contributed by atoms with Crippen molar-refractivity contribution in [1.82, 2.24) is 15.3 Å². The largest absolute Gasteiger partial charge is 0.497 e. The first-order chi connectivity index (χ1) is 9.19. The SMILES string of the molecule is COc1cccc(CNC(=O)c2cnc(C)cn2)c1. The highest BCUT2D eigenvalue weighted by Crippen LogP contribution is 2.12. The zero-order valence-electron chi connectivity index (χ0n) is 10.9. The van der Waals surface area contributed by atoms with Crippen LogP contribution in [0, 0.1) is 6.92 Å². The molecule has 1 N–H and O–H groups in total. The molecule has 0 bridgehead atoms. The molecule has 1 aromatic heterocycles. The monoisotopic (exact) mass is 257 g/mol. The van der Waals surface area contributed by atoms with Crippen LogP contribution in [0.1, 0.15) is 21.7 Å². The maximum atomic E-state index is 11.8. The Morgan fingerprint density at radius 1 is 1.32 bits per heavy atom. The maximum absolute atomic E-state index is 11.8. The van der Waals surface area contributed by atoms with Gasteiger partial charge >= 0.3 is 0 Å². The van der Waals surface area contributed by atoms with Gasteiger partial charge in [0.15, 0.2) is 0 Å². The molecule has 19 heavy (non-hydrogen) atoms. The predicted octanol–water partition coefficient (Wildman–Crippen LogP) is 1.72. The molecule has 98 valence electrons. The average molecular weight is 257 g/mol. The molecule has 0 saturated heterocycles. The zero-order chi connectivity index (χ0) is 13.7. The number of carbonyl (C=O) groups is 1. The number of hydrogen-bond donors (Lipinski definition) is 1. The number of aromatic nitrogens is 2. The molecule has 0 fully saturated rings. The average Bonchev–Trinajstić information content (AvgIpc) is 2.46. The van der Waals surface area contributed by atoms with E-state index < -0.39 is 0 Å². The van der Waals surface area contributed by atoms with Gasteiger partial charge in [0.1, 0.15) is 11.4 Å². The lowest BCUT2D eigenvalue weighted by Crippen LogP contribution is -2.24. The molecule has 1 heterocycles. The molecule has 5 heteroatoms. The topological polar surface area (TPSA) is 64.1 Å². The van der Waals surface area contributed by atoms with Gasteiger partial charge in [-0.15, -0.1) is 0 Å². The summed E-state index contributed by atoms with van der Waals surface area (Å²) >= 11 is 0. The number of methoxy groups -OCH3 is 1. The van der Waals surface area contributed by atoms with E-state index in [1.165, 1.54) is 6.20 Å². The number of benzene rings is 1. The predicted molar refractivity (Wildman–Crippen MR) is 70.9 cm³/mol. The van der Waals surface area contributed by atoms with Crippen LogP contribution in [0.25, 0.3) is 0 Å². The van der Waals surface area contributed by atoms with E-state index in [1.807, 2.05) is 31.2 Å². The van der Waals surface area contributed by atoms with Gasteiger partial charge < -0.3 is 10.1 Å². The minimum absolute atomic E-state index is 0.240. The first-order valence-corrected chi connectivity index (χ1v) is 5.89. The number of nitrogens with zero attached hydrogens (tertiary/aromatic N) is 2. The second-order valence-corrected chi connectivity index (χ2v) is 4.08. The zero-order valence-corrected chi connectivity index (χ0v) is 10.9. The van der Waals surface area contributed by atoms with E-state index >= 15 is 0 Å². The Morgan fingerprint density at radius 2 is 2.16 bits per heavy atom. The van der Waals surface area contributed by atoms with Crippen LogP contribution in [0.4, 0.5) is 0 Å². The van der Waals surface area contributed by atoms with Gasteiger partial charge in [0.25, 0.3) is 5.91 Å². The quantitative estimate of drug-likeness (QED) is 0.905. The second-order valence-electron chi connectivity index (χ2n) is 4.08. The maximum Gasteiger partial charge on any atom is 0.271 e. The lowest BCUT2D eigenvalue weighted by Gasteiger charge is -2.06. The normalized spacial score (nSPS) is 10.0. The summed E-state index contributed by atoms with van der Waals surface area (Å²) in [5.74, 6) is 0.525. The third kappa shape index (κ3) is 3.51. The van der Waals surface area contributed by atoms with Crippen LogP contribution >= 0.6 is 0 Å². The van der Waals surface area contributed by atoms with E-state index in [4.69, 9.17) is 4.74 Å². The van der Waals surface area contributed by atoms with E-state index in [1.54, 1.807) is 13.3 Å². The highest BCUT2D eigenvalue weighted by molar-refractivity contribution is 5.91. The van der Waals surface area contributed by atoms with Gasteiger partial charge in [0.2, 0.25) is 0 Å². The van der Waals surface area contributed by atoms with E-state index in [0.29, 0.717) is 12.2 Å². The van der Waals surface area contributed by atoms with Gasteiger partial charge in [-0.25, -0.2) is 4.98 Å². The number of carbonyl (C=O) groups excluding carboxylic acids is 1. The summed E-state index contributed by atoms with van der Waals surface area (Å²) in [4.78, 5) is 19.9. The lowest BCUT2D eigenvalue weighted by atomic mass is 10.2. The van der Waals surface area contributed by atoms with Gasteiger partial charge in [-0.3, -0.25) is 9.78 Å². The summed E-state index contributed by atoms with van der Waals surface area (Å²) in [7, 11) is 1.61. The Balaban J connectivity index is 1.98. The lowest BCUT2D eigenvalue weighted by molar-refractivity contribution is 0.0945. The molecule has 0 aliphatic heterocycles. The second kappa shape index (κ2) is 5.95. The van der Waals surface area contributed by atoms with Gasteiger partial charge in [-0.05, 0) is 24.6 Å². The Kier molecular flexibility index (Phi) is 4.07. The van der Waals surface area contributed by atoms with Crippen molar-refractivity contribution in [2.24, 2.45) is 0 Å². The van der Waals surface area contributed by atoms with Crippen molar-refractivity contribution < 1.29 is 9.53 Å². The van der Waals surface area contributed by atoms with Crippen LogP contribution in [-0.2, 0) is 6.54 Å². The van der Waals surface area contributed by atoms with Gasteiger partial charge in [0, 0.05) is 12.7 Å². The summed E-state index contributed by atoms with van der Waals surface area (Å²) < 4.78 is 5.12. The van der Waals surface area contributed by atoms with E-state index in [0.717, 1.165) is 17.0 Å². The summed E-state index contributed by atoms with van der Waals surface area (Å²) in [6.07, 6.45) is 3.04. The number of ether oxygens (including phenoxy) is 1. The summed E-state index contributed by atoms with van der Waals surface area (Å²) in [6, 6.07) is 7.54. The molecule has 0 unspecified atom stereocenters. The Morgan fingerprint density at radius 3 is 2.84 bits per heavy atom. The highest BCUT2D eigenvalue weighted by Gasteiger charge is 2.07. The van der Waals surface area contributed by atoms with Crippen molar-refractivity contribution in [3.05, 3.63) is 53.6 Å². The minimum Gasteiger partial charge on any atom is -0.497 e. The van der Waals surface area contributed by atoms with Gasteiger partial charge in [-0.2, -0.15) is 0 Å². The van der Waals surface area contributed by atoms with E-state index in [9.17, 15) is 4.79 Å². The fourth-order valence-electron chi connectivity index (χ4n) is 1.57. The van der Waals surface area contributed by atoms with Gasteiger partial charge in [0.05, 0.1) is 19.0 Å². The molecule has 0 aliphatic rings. The molecular weight excluding hydrogens is 242 g/mol. The Bertz CT molecular complexity index is 567. The molecule has 5 nitrogen and oxygen atoms in total. The van der Waals surface area contributed by atoms with Crippen molar-refractivity contribution in [3.8, 4) is 5.75 Å². The third-order valence-electron chi connectivity index (χ3n) is 2.60. The Labute approximate surface area is 111 Å². The first-order valence-electron chi connectivity index (χ1n) is 5.89. The summed E-state index contributed by atoms with van der Waals surface area (Å²) in [6.45, 7) is 2.25. The van der Waals surface area contributed by atoms with Gasteiger partial charge in [-0.1, -0.05) is 12.1 Å². The molecule has 0 aliphatic carbocycles. The van der Waals surface area contributed by atoms with Crippen molar-refractivity contribution in [1.29, 1.82) is 0 Å². The molecule has 0 atom stereocenters. The number of hydrogen-bond acceptors (Lipinski definition) is 4. The highest BCUT2D eigenvalue weighted by atomic mass is 16.5. The van der Waals surface area contributed by atoms with Crippen LogP contribution in [-0.4, -0.2) is 23.0 Å². The molecule has 1 amide bonds. The molecular formula is C14H15N3O2. The van der Waals surface area contributed by atoms with Crippen molar-refractivity contribution in [2.45, 2.75) is 13.5 Å². The number of nitrogens with one attached hydrogen (secondary N) is 1. The number of aryl methyl sites for hydroxylation is 1. The third-order valence-corrected chi connectivity index (χ3v) is 2.60. The molecule has 2 rings (SSSR count). The molecule has 1 aromatic carbocycles. The molecule has 0 radical (unpaired) electrons. The first kappa shape index (κ1) is 13.0. The minimum atomic E-state index is -0.240. The fraction of sp³-hybridized carbons (Fsp3) is 0.214. The molecule has 2 aromatic rings. The van der Waals surface area contributed by atoms with Crippen LogP contribution < -0.4 is 10.1 Å². The summed E-state index contributed by atoms with van der Waals surface area (Å²) in [5, 5.41) is 2.79. The van der Waals surface area contributed by atoms with E-state index in [2.05, 4.69) is 15.3 Å². The molecule has 0 spiro atoms. The molecule has 0 saturated carbocycles. The van der Waals surface area contributed by atoms with Crippen molar-refractivity contribution >= 4 is 5.91 Å².